The minimum atomic E-state index is -1.96. The first kappa shape index (κ1) is 8.98. The number of amides is 1. The van der Waals surface area contributed by atoms with Crippen LogP contribution in [-0.4, -0.2) is 5.91 Å². The summed E-state index contributed by atoms with van der Waals surface area (Å²) in [5.74, 6) is -7.95. The van der Waals surface area contributed by atoms with Gasteiger partial charge < -0.3 is 5.32 Å². The molecule has 1 heterocycles. The molecule has 2 nitrogen and oxygen atoms in total. The van der Waals surface area contributed by atoms with E-state index in [1.807, 2.05) is 0 Å². The Morgan fingerprint density at radius 3 is 2.14 bits per heavy atom. The standard InChI is InChI=1S/C8H3F4NO/c9-4-2-1-13-8(14)3(2)5(10)7(12)6(4)11/h1H2,(H,13,14). The number of carbonyl (C=O) groups is 1. The molecule has 1 N–H and O–H groups in total. The molecule has 1 aliphatic rings. The second-order valence-electron chi connectivity index (χ2n) is 2.79. The summed E-state index contributed by atoms with van der Waals surface area (Å²) in [7, 11) is 0. The van der Waals surface area contributed by atoms with Gasteiger partial charge in [-0.25, -0.2) is 17.6 Å². The second kappa shape index (κ2) is 2.70. The van der Waals surface area contributed by atoms with Crippen LogP contribution in [-0.2, 0) is 6.54 Å². The molecule has 6 heteroatoms. The lowest BCUT2D eigenvalue weighted by Gasteiger charge is -2.02. The van der Waals surface area contributed by atoms with E-state index < -0.39 is 40.3 Å². The van der Waals surface area contributed by atoms with Crippen LogP contribution < -0.4 is 5.32 Å². The Morgan fingerprint density at radius 1 is 0.929 bits per heavy atom. The van der Waals surface area contributed by atoms with Gasteiger partial charge in [0.2, 0.25) is 0 Å². The van der Waals surface area contributed by atoms with Crippen molar-refractivity contribution in [2.24, 2.45) is 0 Å². The van der Waals surface area contributed by atoms with Gasteiger partial charge in [-0.15, -0.1) is 0 Å². The van der Waals surface area contributed by atoms with Gasteiger partial charge in [0.15, 0.2) is 23.3 Å². The average Bonchev–Trinajstić information content (AvgIpc) is 2.54. The Bertz CT molecular complexity index is 444. The first-order chi connectivity index (χ1) is 6.54. The number of halogens is 4. The van der Waals surface area contributed by atoms with E-state index in [2.05, 4.69) is 5.32 Å². The molecule has 1 aromatic rings. The van der Waals surface area contributed by atoms with Crippen LogP contribution in [0.5, 0.6) is 0 Å². The van der Waals surface area contributed by atoms with E-state index in [-0.39, 0.29) is 6.54 Å². The van der Waals surface area contributed by atoms with Crippen LogP contribution in [0.4, 0.5) is 17.6 Å². The van der Waals surface area contributed by atoms with E-state index in [0.29, 0.717) is 0 Å². The van der Waals surface area contributed by atoms with Gasteiger partial charge in [0.1, 0.15) is 0 Å². The van der Waals surface area contributed by atoms with Gasteiger partial charge in [0.05, 0.1) is 5.56 Å². The molecule has 0 aliphatic carbocycles. The minimum Gasteiger partial charge on any atom is -0.348 e. The maximum atomic E-state index is 13.0. The van der Waals surface area contributed by atoms with Crippen molar-refractivity contribution in [1.82, 2.24) is 5.32 Å². The van der Waals surface area contributed by atoms with Crippen molar-refractivity contribution in [3.05, 3.63) is 34.4 Å². The lowest BCUT2D eigenvalue weighted by Crippen LogP contribution is -2.14. The summed E-state index contributed by atoms with van der Waals surface area (Å²) in [6.45, 7) is -0.325. The molecule has 14 heavy (non-hydrogen) atoms. The number of rotatable bonds is 0. The number of hydrogen-bond donors (Lipinski definition) is 1. The van der Waals surface area contributed by atoms with Crippen molar-refractivity contribution in [1.29, 1.82) is 0 Å². The molecule has 0 unspecified atom stereocenters. The van der Waals surface area contributed by atoms with Crippen molar-refractivity contribution in [2.75, 3.05) is 0 Å². The maximum Gasteiger partial charge on any atom is 0.255 e. The summed E-state index contributed by atoms with van der Waals surface area (Å²) < 4.78 is 51.2. The van der Waals surface area contributed by atoms with Crippen LogP contribution in [0, 0.1) is 23.3 Å². The van der Waals surface area contributed by atoms with Crippen LogP contribution >= 0.6 is 0 Å². The van der Waals surface area contributed by atoms with Crippen LogP contribution in [0.1, 0.15) is 15.9 Å². The normalized spacial score (nSPS) is 14.1. The molecule has 0 atom stereocenters. The molecule has 1 aliphatic heterocycles. The summed E-state index contributed by atoms with van der Waals surface area (Å²) in [5, 5.41) is 2.07. The molecule has 1 aromatic carbocycles. The Hall–Kier alpha value is -1.59. The number of hydrogen-bond acceptors (Lipinski definition) is 1. The van der Waals surface area contributed by atoms with E-state index in [4.69, 9.17) is 0 Å². The molecule has 0 fully saturated rings. The highest BCUT2D eigenvalue weighted by Gasteiger charge is 2.32. The molecule has 1 amide bonds. The summed E-state index contributed by atoms with van der Waals surface area (Å²) in [6.07, 6.45) is 0. The molecule has 0 radical (unpaired) electrons. The van der Waals surface area contributed by atoms with Crippen LogP contribution in [0.2, 0.25) is 0 Å². The molecule has 0 spiro atoms. The first-order valence-corrected chi connectivity index (χ1v) is 3.67. The van der Waals surface area contributed by atoms with E-state index in [0.717, 1.165) is 0 Å². The molecule has 0 bridgehead atoms. The lowest BCUT2D eigenvalue weighted by molar-refractivity contribution is 0.0961. The Kier molecular flexibility index (Phi) is 1.73. The summed E-state index contributed by atoms with van der Waals surface area (Å²) in [6, 6.07) is 0. The van der Waals surface area contributed by atoms with Crippen molar-refractivity contribution < 1.29 is 22.4 Å². The monoisotopic (exact) mass is 205 g/mol. The third kappa shape index (κ3) is 0.934. The fourth-order valence-corrected chi connectivity index (χ4v) is 1.34. The molecule has 0 saturated carbocycles. The van der Waals surface area contributed by atoms with Crippen molar-refractivity contribution >= 4 is 5.91 Å². The third-order valence-corrected chi connectivity index (χ3v) is 2.02. The number of nitrogens with one attached hydrogen (secondary N) is 1. The van der Waals surface area contributed by atoms with Crippen LogP contribution in [0.15, 0.2) is 0 Å². The Morgan fingerprint density at radius 2 is 1.50 bits per heavy atom. The second-order valence-corrected chi connectivity index (χ2v) is 2.79. The van der Waals surface area contributed by atoms with E-state index in [9.17, 15) is 22.4 Å². The zero-order valence-corrected chi connectivity index (χ0v) is 6.63. The smallest absolute Gasteiger partial charge is 0.255 e. The molecular weight excluding hydrogens is 202 g/mol. The molecule has 0 saturated heterocycles. The molecule has 74 valence electrons. The minimum absolute atomic E-state index is 0.325. The van der Waals surface area contributed by atoms with E-state index in [1.165, 1.54) is 0 Å². The fourth-order valence-electron chi connectivity index (χ4n) is 1.34. The SMILES string of the molecule is O=C1NCc2c(F)c(F)c(F)c(F)c21. The number of carbonyl (C=O) groups excluding carboxylic acids is 1. The van der Waals surface area contributed by atoms with Gasteiger partial charge in [0.25, 0.3) is 5.91 Å². The van der Waals surface area contributed by atoms with Crippen molar-refractivity contribution in [3.8, 4) is 0 Å². The maximum absolute atomic E-state index is 13.0. The highest BCUT2D eigenvalue weighted by Crippen LogP contribution is 2.26. The summed E-state index contributed by atoms with van der Waals surface area (Å²) in [4.78, 5) is 10.9. The third-order valence-electron chi connectivity index (χ3n) is 2.02. The quantitative estimate of drug-likeness (QED) is 0.388. The highest BCUT2D eigenvalue weighted by molar-refractivity contribution is 5.98. The molecule has 0 aromatic heterocycles. The van der Waals surface area contributed by atoms with E-state index >= 15 is 0 Å². The highest BCUT2D eigenvalue weighted by atomic mass is 19.2. The van der Waals surface area contributed by atoms with Crippen LogP contribution in [0.3, 0.4) is 0 Å². The summed E-state index contributed by atoms with van der Waals surface area (Å²) >= 11 is 0. The zero-order chi connectivity index (χ0) is 10.5. The predicted octanol–water partition coefficient (Wildman–Crippen LogP) is 1.49. The van der Waals surface area contributed by atoms with Gasteiger partial charge in [-0.3, -0.25) is 4.79 Å². The first-order valence-electron chi connectivity index (χ1n) is 3.67. The van der Waals surface area contributed by atoms with Gasteiger partial charge in [0, 0.05) is 12.1 Å². The van der Waals surface area contributed by atoms with Gasteiger partial charge in [-0.2, -0.15) is 0 Å². The summed E-state index contributed by atoms with van der Waals surface area (Å²) in [5.41, 5.74) is -1.21. The average molecular weight is 205 g/mol. The fraction of sp³-hybridized carbons (Fsp3) is 0.125. The van der Waals surface area contributed by atoms with Crippen molar-refractivity contribution in [2.45, 2.75) is 6.54 Å². The van der Waals surface area contributed by atoms with Crippen molar-refractivity contribution in [3.63, 3.8) is 0 Å². The topological polar surface area (TPSA) is 29.1 Å². The molecular formula is C8H3F4NO. The van der Waals surface area contributed by atoms with Gasteiger partial charge >= 0.3 is 0 Å². The lowest BCUT2D eigenvalue weighted by atomic mass is 10.1. The van der Waals surface area contributed by atoms with Crippen LogP contribution in [0.25, 0.3) is 0 Å². The van der Waals surface area contributed by atoms with Gasteiger partial charge in [-0.05, 0) is 0 Å². The number of benzene rings is 1. The molecule has 2 rings (SSSR count). The largest absolute Gasteiger partial charge is 0.348 e. The zero-order valence-electron chi connectivity index (χ0n) is 6.63. The Balaban J connectivity index is 2.84. The van der Waals surface area contributed by atoms with E-state index in [1.54, 1.807) is 0 Å². The number of fused-ring (bicyclic) bond motifs is 1. The Labute approximate surface area is 75.5 Å². The van der Waals surface area contributed by atoms with Gasteiger partial charge in [-0.1, -0.05) is 0 Å². The predicted molar refractivity (Wildman–Crippen MR) is 37.4 cm³/mol.